The monoisotopic (exact) mass is 209 g/mol. The molecular formula is C13H20FN. The lowest BCUT2D eigenvalue weighted by molar-refractivity contribution is 0.268. The van der Waals surface area contributed by atoms with E-state index >= 15 is 0 Å². The van der Waals surface area contributed by atoms with Gasteiger partial charge in [-0.2, -0.15) is 0 Å². The first-order valence-corrected chi connectivity index (χ1v) is 5.60. The maximum atomic E-state index is 13.7. The number of benzene rings is 1. The molecule has 0 aliphatic heterocycles. The van der Waals surface area contributed by atoms with Crippen molar-refractivity contribution in [2.75, 3.05) is 0 Å². The number of nitrogens with two attached hydrogens (primary N) is 1. The molecule has 0 spiro atoms. The molecule has 0 aliphatic carbocycles. The molecule has 2 N–H and O–H groups in total. The van der Waals surface area contributed by atoms with Crippen molar-refractivity contribution in [1.82, 2.24) is 0 Å². The smallest absolute Gasteiger partial charge is 0.128 e. The standard InChI is InChI=1S/C13H20FN/c1-4-10(3)13(15,5-2)11-8-6-7-9-12(11)14/h6-10H,4-5,15H2,1-3H3. The maximum absolute atomic E-state index is 13.7. The van der Waals surface area contributed by atoms with Gasteiger partial charge in [0.1, 0.15) is 5.82 Å². The lowest BCUT2D eigenvalue weighted by Gasteiger charge is -2.35. The molecule has 0 fully saturated rings. The first-order valence-electron chi connectivity index (χ1n) is 5.60. The van der Waals surface area contributed by atoms with Gasteiger partial charge in [0.2, 0.25) is 0 Å². The predicted molar refractivity (Wildman–Crippen MR) is 62.0 cm³/mol. The van der Waals surface area contributed by atoms with Crippen LogP contribution in [0, 0.1) is 11.7 Å². The van der Waals surface area contributed by atoms with E-state index in [0.717, 1.165) is 12.8 Å². The van der Waals surface area contributed by atoms with Gasteiger partial charge in [-0.3, -0.25) is 0 Å². The van der Waals surface area contributed by atoms with Crippen molar-refractivity contribution in [2.24, 2.45) is 11.7 Å². The lowest BCUT2D eigenvalue weighted by atomic mass is 9.76. The number of rotatable bonds is 4. The summed E-state index contributed by atoms with van der Waals surface area (Å²) in [6.45, 7) is 6.18. The molecule has 0 bridgehead atoms. The molecule has 0 aliphatic rings. The van der Waals surface area contributed by atoms with Crippen molar-refractivity contribution in [3.05, 3.63) is 35.6 Å². The Morgan fingerprint density at radius 2 is 1.93 bits per heavy atom. The molecule has 2 heteroatoms. The van der Waals surface area contributed by atoms with E-state index in [0.29, 0.717) is 5.56 Å². The van der Waals surface area contributed by atoms with Gasteiger partial charge in [0.25, 0.3) is 0 Å². The highest BCUT2D eigenvalue weighted by Gasteiger charge is 2.32. The van der Waals surface area contributed by atoms with E-state index in [9.17, 15) is 4.39 Å². The second-order valence-corrected chi connectivity index (χ2v) is 4.18. The van der Waals surface area contributed by atoms with Gasteiger partial charge >= 0.3 is 0 Å². The van der Waals surface area contributed by atoms with Crippen molar-refractivity contribution in [3.63, 3.8) is 0 Å². The van der Waals surface area contributed by atoms with Crippen LogP contribution >= 0.6 is 0 Å². The fourth-order valence-corrected chi connectivity index (χ4v) is 2.01. The van der Waals surface area contributed by atoms with Crippen molar-refractivity contribution in [3.8, 4) is 0 Å². The summed E-state index contributed by atoms with van der Waals surface area (Å²) in [4.78, 5) is 0. The van der Waals surface area contributed by atoms with Gasteiger partial charge in [-0.25, -0.2) is 4.39 Å². The molecule has 15 heavy (non-hydrogen) atoms. The molecule has 0 saturated heterocycles. The summed E-state index contributed by atoms with van der Waals surface area (Å²) in [5.74, 6) is 0.0848. The summed E-state index contributed by atoms with van der Waals surface area (Å²) >= 11 is 0. The molecule has 1 rings (SSSR count). The summed E-state index contributed by atoms with van der Waals surface area (Å²) in [5.41, 5.74) is 6.43. The average molecular weight is 209 g/mol. The van der Waals surface area contributed by atoms with Crippen LogP contribution in [0.1, 0.15) is 39.2 Å². The average Bonchev–Trinajstić information content (AvgIpc) is 2.27. The number of hydrogen-bond acceptors (Lipinski definition) is 1. The normalized spacial score (nSPS) is 17.1. The number of hydrogen-bond donors (Lipinski definition) is 1. The Bertz CT molecular complexity index is 324. The highest BCUT2D eigenvalue weighted by atomic mass is 19.1. The van der Waals surface area contributed by atoms with Crippen molar-refractivity contribution in [2.45, 2.75) is 39.2 Å². The first kappa shape index (κ1) is 12.2. The summed E-state index contributed by atoms with van der Waals surface area (Å²) in [7, 11) is 0. The zero-order chi connectivity index (χ0) is 11.5. The summed E-state index contributed by atoms with van der Waals surface area (Å²) in [6, 6.07) is 6.82. The van der Waals surface area contributed by atoms with Crippen LogP contribution in [0.25, 0.3) is 0 Å². The fraction of sp³-hybridized carbons (Fsp3) is 0.538. The van der Waals surface area contributed by atoms with Gasteiger partial charge < -0.3 is 5.73 Å². The van der Waals surface area contributed by atoms with E-state index in [4.69, 9.17) is 5.73 Å². The van der Waals surface area contributed by atoms with Crippen LogP contribution in [0.3, 0.4) is 0 Å². The number of halogens is 1. The van der Waals surface area contributed by atoms with Crippen molar-refractivity contribution in [1.29, 1.82) is 0 Å². The summed E-state index contributed by atoms with van der Waals surface area (Å²) in [6.07, 6.45) is 1.71. The second-order valence-electron chi connectivity index (χ2n) is 4.18. The van der Waals surface area contributed by atoms with Gasteiger partial charge in [0.05, 0.1) is 0 Å². The molecule has 84 valence electrons. The van der Waals surface area contributed by atoms with Crippen LogP contribution < -0.4 is 5.73 Å². The van der Waals surface area contributed by atoms with Gasteiger partial charge in [0, 0.05) is 11.1 Å². The fourth-order valence-electron chi connectivity index (χ4n) is 2.01. The van der Waals surface area contributed by atoms with Crippen LogP contribution in [0.2, 0.25) is 0 Å². The topological polar surface area (TPSA) is 26.0 Å². The largest absolute Gasteiger partial charge is 0.321 e. The van der Waals surface area contributed by atoms with Crippen molar-refractivity contribution >= 4 is 0 Å². The SMILES string of the molecule is CCC(C)C(N)(CC)c1ccccc1F. The molecule has 1 aromatic carbocycles. The molecule has 0 radical (unpaired) electrons. The minimum Gasteiger partial charge on any atom is -0.321 e. The molecule has 2 atom stereocenters. The zero-order valence-corrected chi connectivity index (χ0v) is 9.76. The van der Waals surface area contributed by atoms with Crippen LogP contribution in [0.4, 0.5) is 4.39 Å². The summed E-state index contributed by atoms with van der Waals surface area (Å²) < 4.78 is 13.7. The van der Waals surface area contributed by atoms with Crippen molar-refractivity contribution < 1.29 is 4.39 Å². The highest BCUT2D eigenvalue weighted by Crippen LogP contribution is 2.33. The van der Waals surface area contributed by atoms with Crippen LogP contribution in [0.15, 0.2) is 24.3 Å². The Kier molecular flexibility index (Phi) is 3.86. The third-order valence-corrected chi connectivity index (χ3v) is 3.45. The molecule has 0 saturated carbocycles. The van der Waals surface area contributed by atoms with Crippen LogP contribution in [-0.2, 0) is 5.54 Å². The van der Waals surface area contributed by atoms with Gasteiger partial charge in [-0.1, -0.05) is 45.4 Å². The molecule has 1 aromatic rings. The Labute approximate surface area is 91.5 Å². The molecule has 0 aromatic heterocycles. The van der Waals surface area contributed by atoms with E-state index < -0.39 is 5.54 Å². The van der Waals surface area contributed by atoms with E-state index in [-0.39, 0.29) is 11.7 Å². The van der Waals surface area contributed by atoms with E-state index in [1.807, 2.05) is 13.0 Å². The highest BCUT2D eigenvalue weighted by molar-refractivity contribution is 5.26. The maximum Gasteiger partial charge on any atom is 0.128 e. The minimum absolute atomic E-state index is 0.192. The molecule has 0 heterocycles. The molecular weight excluding hydrogens is 189 g/mol. The van der Waals surface area contributed by atoms with Gasteiger partial charge in [-0.05, 0) is 18.4 Å². The third-order valence-electron chi connectivity index (χ3n) is 3.45. The third kappa shape index (κ3) is 2.20. The van der Waals surface area contributed by atoms with Gasteiger partial charge in [-0.15, -0.1) is 0 Å². The van der Waals surface area contributed by atoms with Crippen LogP contribution in [-0.4, -0.2) is 0 Å². The van der Waals surface area contributed by atoms with E-state index in [2.05, 4.69) is 13.8 Å². The van der Waals surface area contributed by atoms with E-state index in [1.54, 1.807) is 12.1 Å². The second kappa shape index (κ2) is 4.75. The van der Waals surface area contributed by atoms with E-state index in [1.165, 1.54) is 6.07 Å². The molecule has 2 unspecified atom stereocenters. The first-order chi connectivity index (χ1) is 7.06. The predicted octanol–water partition coefficient (Wildman–Crippen LogP) is 3.44. The Morgan fingerprint density at radius 3 is 2.40 bits per heavy atom. The molecule has 0 amide bonds. The Morgan fingerprint density at radius 1 is 1.33 bits per heavy atom. The zero-order valence-electron chi connectivity index (χ0n) is 9.76. The Balaban J connectivity index is 3.17. The molecule has 1 nitrogen and oxygen atoms in total. The van der Waals surface area contributed by atoms with Gasteiger partial charge in [0.15, 0.2) is 0 Å². The minimum atomic E-state index is -0.542. The lowest BCUT2D eigenvalue weighted by Crippen LogP contribution is -2.43. The summed E-state index contributed by atoms with van der Waals surface area (Å²) in [5, 5.41) is 0. The van der Waals surface area contributed by atoms with Crippen LogP contribution in [0.5, 0.6) is 0 Å². The quantitative estimate of drug-likeness (QED) is 0.807. The Hall–Kier alpha value is -0.890.